The highest BCUT2D eigenvalue weighted by Gasteiger charge is 2.26. The van der Waals surface area contributed by atoms with Gasteiger partial charge < -0.3 is 9.84 Å². The first-order valence-corrected chi connectivity index (χ1v) is 4.11. The van der Waals surface area contributed by atoms with E-state index < -0.39 is 12.2 Å². The Kier molecular flexibility index (Phi) is 2.06. The largest absolute Gasteiger partial charge is 0.386 e. The van der Waals surface area contributed by atoms with Crippen molar-refractivity contribution in [3.8, 4) is 0 Å². The molecule has 2 atom stereocenters. The molecule has 3 heteroatoms. The minimum atomic E-state index is -0.733. The Labute approximate surface area is 76.0 Å². The molecule has 1 aromatic carbocycles. The number of fused-ring (bicyclic) bond motifs is 1. The van der Waals surface area contributed by atoms with Crippen molar-refractivity contribution < 1.29 is 14.2 Å². The summed E-state index contributed by atoms with van der Waals surface area (Å²) in [5, 5.41) is 9.48. The maximum Gasteiger partial charge on any atom is 0.129 e. The van der Waals surface area contributed by atoms with Gasteiger partial charge in [0.1, 0.15) is 11.9 Å². The fraction of sp³-hybridized carbons (Fsp3) is 0.300. The number of hydrogen-bond acceptors (Lipinski definition) is 2. The SMILES string of the molecule is [CH2]C1OCC(O)c2cccc(F)c21. The number of aliphatic hydroxyl groups is 1. The maximum atomic E-state index is 13.3. The van der Waals surface area contributed by atoms with Gasteiger partial charge in [0.2, 0.25) is 0 Å². The molecule has 1 aliphatic rings. The lowest BCUT2D eigenvalue weighted by Crippen LogP contribution is -2.20. The molecule has 1 aliphatic heterocycles. The van der Waals surface area contributed by atoms with E-state index in [4.69, 9.17) is 4.74 Å². The van der Waals surface area contributed by atoms with Crippen molar-refractivity contribution in [1.82, 2.24) is 0 Å². The van der Waals surface area contributed by atoms with E-state index >= 15 is 0 Å². The number of hydrogen-bond donors (Lipinski definition) is 1. The summed E-state index contributed by atoms with van der Waals surface area (Å²) in [6.45, 7) is 3.85. The molecule has 1 N–H and O–H groups in total. The van der Waals surface area contributed by atoms with Crippen molar-refractivity contribution in [2.24, 2.45) is 0 Å². The third kappa shape index (κ3) is 1.34. The maximum absolute atomic E-state index is 13.3. The van der Waals surface area contributed by atoms with Gasteiger partial charge in [-0.05, 0) is 18.6 Å². The highest BCUT2D eigenvalue weighted by molar-refractivity contribution is 5.34. The summed E-state index contributed by atoms with van der Waals surface area (Å²) in [7, 11) is 0. The van der Waals surface area contributed by atoms with Gasteiger partial charge in [-0.3, -0.25) is 0 Å². The Bertz CT molecular complexity index is 325. The summed E-state index contributed by atoms with van der Waals surface area (Å²) in [5.41, 5.74) is 0.965. The second-order valence-corrected chi connectivity index (χ2v) is 3.08. The molecule has 0 saturated carbocycles. The van der Waals surface area contributed by atoms with Crippen LogP contribution in [-0.4, -0.2) is 11.7 Å². The van der Waals surface area contributed by atoms with E-state index in [1.54, 1.807) is 12.1 Å². The van der Waals surface area contributed by atoms with Crippen molar-refractivity contribution in [2.75, 3.05) is 6.61 Å². The summed E-state index contributed by atoms with van der Waals surface area (Å²) >= 11 is 0. The lowest BCUT2D eigenvalue weighted by Gasteiger charge is -2.27. The first-order chi connectivity index (χ1) is 6.20. The molecule has 1 heterocycles. The summed E-state index contributed by atoms with van der Waals surface area (Å²) in [4.78, 5) is 0. The quantitative estimate of drug-likeness (QED) is 0.660. The van der Waals surface area contributed by atoms with Crippen molar-refractivity contribution in [1.29, 1.82) is 0 Å². The van der Waals surface area contributed by atoms with Crippen molar-refractivity contribution in [2.45, 2.75) is 12.2 Å². The van der Waals surface area contributed by atoms with E-state index in [2.05, 4.69) is 6.92 Å². The van der Waals surface area contributed by atoms with Gasteiger partial charge >= 0.3 is 0 Å². The summed E-state index contributed by atoms with van der Waals surface area (Å²) in [6.07, 6.45) is -1.25. The molecule has 69 valence electrons. The Morgan fingerprint density at radius 2 is 2.31 bits per heavy atom. The molecule has 1 aromatic rings. The predicted molar refractivity (Wildman–Crippen MR) is 45.4 cm³/mol. The molecule has 0 aliphatic carbocycles. The molecule has 0 aromatic heterocycles. The molecule has 0 bridgehead atoms. The van der Waals surface area contributed by atoms with Gasteiger partial charge in [-0.1, -0.05) is 12.1 Å². The molecule has 0 spiro atoms. The fourth-order valence-electron chi connectivity index (χ4n) is 1.56. The van der Waals surface area contributed by atoms with E-state index in [1.165, 1.54) is 6.07 Å². The van der Waals surface area contributed by atoms with Crippen LogP contribution in [0.15, 0.2) is 18.2 Å². The lowest BCUT2D eigenvalue weighted by molar-refractivity contribution is -0.0137. The minimum Gasteiger partial charge on any atom is -0.386 e. The zero-order valence-electron chi connectivity index (χ0n) is 7.03. The number of benzene rings is 1. The first kappa shape index (κ1) is 8.66. The third-order valence-corrected chi connectivity index (χ3v) is 2.22. The Morgan fingerprint density at radius 3 is 3.00 bits per heavy atom. The van der Waals surface area contributed by atoms with Crippen LogP contribution in [0.1, 0.15) is 23.3 Å². The molecule has 2 unspecified atom stereocenters. The zero-order chi connectivity index (χ0) is 9.42. The molecule has 13 heavy (non-hydrogen) atoms. The Hall–Kier alpha value is -0.930. The van der Waals surface area contributed by atoms with E-state index in [0.29, 0.717) is 11.1 Å². The van der Waals surface area contributed by atoms with Crippen molar-refractivity contribution in [3.05, 3.63) is 42.1 Å². The van der Waals surface area contributed by atoms with Gasteiger partial charge in [0.05, 0.1) is 12.7 Å². The summed E-state index contributed by atoms with van der Waals surface area (Å²) < 4.78 is 18.4. The summed E-state index contributed by atoms with van der Waals surface area (Å²) in [6, 6.07) is 4.62. The average Bonchev–Trinajstić information content (AvgIpc) is 2.12. The molecule has 0 saturated heterocycles. The van der Waals surface area contributed by atoms with Gasteiger partial charge in [0.15, 0.2) is 0 Å². The normalized spacial score (nSPS) is 27.0. The first-order valence-electron chi connectivity index (χ1n) is 4.11. The number of aliphatic hydroxyl groups excluding tert-OH is 1. The van der Waals surface area contributed by atoms with Crippen LogP contribution in [0, 0.1) is 12.7 Å². The van der Waals surface area contributed by atoms with E-state index in [1.807, 2.05) is 0 Å². The van der Waals surface area contributed by atoms with E-state index in [0.717, 1.165) is 0 Å². The molecule has 2 nitrogen and oxygen atoms in total. The van der Waals surface area contributed by atoms with Crippen LogP contribution >= 0.6 is 0 Å². The van der Waals surface area contributed by atoms with Gasteiger partial charge in [0.25, 0.3) is 0 Å². The second kappa shape index (κ2) is 3.09. The zero-order valence-corrected chi connectivity index (χ0v) is 7.03. The predicted octanol–water partition coefficient (Wildman–Crippen LogP) is 1.76. The van der Waals surface area contributed by atoms with Gasteiger partial charge in [0, 0.05) is 5.56 Å². The van der Waals surface area contributed by atoms with Gasteiger partial charge in [-0.15, -0.1) is 0 Å². The van der Waals surface area contributed by atoms with E-state index in [9.17, 15) is 9.50 Å². The number of ether oxygens (including phenoxy) is 1. The van der Waals surface area contributed by atoms with Gasteiger partial charge in [-0.2, -0.15) is 0 Å². The molecule has 2 rings (SSSR count). The average molecular weight is 181 g/mol. The van der Waals surface area contributed by atoms with Crippen molar-refractivity contribution in [3.63, 3.8) is 0 Å². The smallest absolute Gasteiger partial charge is 0.129 e. The van der Waals surface area contributed by atoms with Crippen LogP contribution in [0.25, 0.3) is 0 Å². The molecule has 1 radical (unpaired) electrons. The lowest BCUT2D eigenvalue weighted by atomic mass is 9.96. The van der Waals surface area contributed by atoms with Crippen LogP contribution in [0.2, 0.25) is 0 Å². The summed E-state index contributed by atoms with van der Waals surface area (Å²) in [5.74, 6) is -0.365. The monoisotopic (exact) mass is 181 g/mol. The van der Waals surface area contributed by atoms with Crippen LogP contribution in [-0.2, 0) is 4.74 Å². The second-order valence-electron chi connectivity index (χ2n) is 3.08. The Morgan fingerprint density at radius 1 is 1.54 bits per heavy atom. The number of rotatable bonds is 0. The molecule has 0 amide bonds. The van der Waals surface area contributed by atoms with Crippen LogP contribution in [0.3, 0.4) is 0 Å². The molecular formula is C10H10FO2. The molecule has 0 fully saturated rings. The highest BCUT2D eigenvalue weighted by atomic mass is 19.1. The third-order valence-electron chi connectivity index (χ3n) is 2.22. The minimum absolute atomic E-state index is 0.185. The standard InChI is InChI=1S/C10H10FO2/c1-6-10-7(9(12)5-13-6)3-2-4-8(10)11/h2-4,6,9,12H,1,5H2. The molecular weight excluding hydrogens is 171 g/mol. The van der Waals surface area contributed by atoms with Crippen molar-refractivity contribution >= 4 is 0 Å². The van der Waals surface area contributed by atoms with Crippen LogP contribution in [0.4, 0.5) is 4.39 Å². The van der Waals surface area contributed by atoms with Gasteiger partial charge in [-0.25, -0.2) is 4.39 Å². The highest BCUT2D eigenvalue weighted by Crippen LogP contribution is 2.33. The van der Waals surface area contributed by atoms with E-state index in [-0.39, 0.29) is 12.4 Å². The topological polar surface area (TPSA) is 29.5 Å². The van der Waals surface area contributed by atoms with Crippen LogP contribution < -0.4 is 0 Å². The fourth-order valence-corrected chi connectivity index (χ4v) is 1.56. The number of halogens is 1. The Balaban J connectivity index is 2.56. The van der Waals surface area contributed by atoms with Crippen LogP contribution in [0.5, 0.6) is 0 Å².